The van der Waals surface area contributed by atoms with Crippen molar-refractivity contribution >= 4 is 11.9 Å². The molecular weight excluding hydrogens is 240 g/mol. The highest BCUT2D eigenvalue weighted by molar-refractivity contribution is 5.84. The van der Waals surface area contributed by atoms with Gasteiger partial charge in [0.05, 0.1) is 19.3 Å². The topological polar surface area (TPSA) is 109 Å². The Morgan fingerprint density at radius 3 is 2.72 bits per heavy atom. The number of unbranched alkanes of at least 4 members (excludes halogenated alkanes) is 1. The van der Waals surface area contributed by atoms with E-state index in [2.05, 4.69) is 5.32 Å². The lowest BCUT2D eigenvalue weighted by atomic mass is 10.1. The first-order valence-corrected chi connectivity index (χ1v) is 5.57. The summed E-state index contributed by atoms with van der Waals surface area (Å²) < 4.78 is 9.69. The van der Waals surface area contributed by atoms with Gasteiger partial charge in [-0.3, -0.25) is 4.79 Å². The zero-order chi connectivity index (χ0) is 13.8. The number of carboxylic acids is 1. The van der Waals surface area contributed by atoms with Crippen LogP contribution in [0.4, 0.5) is 0 Å². The molecule has 0 aromatic rings. The summed E-state index contributed by atoms with van der Waals surface area (Å²) in [4.78, 5) is 22.2. The lowest BCUT2D eigenvalue weighted by molar-refractivity contribution is -0.142. The van der Waals surface area contributed by atoms with Crippen LogP contribution in [0.15, 0.2) is 0 Å². The summed E-state index contributed by atoms with van der Waals surface area (Å²) in [7, 11) is 1.51. The van der Waals surface area contributed by atoms with Gasteiger partial charge in [0.15, 0.2) is 0 Å². The molecule has 18 heavy (non-hydrogen) atoms. The number of aliphatic carboxylic acids is 1. The second-order valence-corrected chi connectivity index (χ2v) is 3.55. The molecule has 102 valence electrons. The Balaban J connectivity index is 3.89. The van der Waals surface area contributed by atoms with Crippen LogP contribution >= 0.6 is 0 Å². The molecule has 1 atom stereocenters. The Labute approximate surface area is 106 Å². The minimum absolute atomic E-state index is 0.203. The highest BCUT2D eigenvalue weighted by Gasteiger charge is 2.19. The van der Waals surface area contributed by atoms with Gasteiger partial charge in [0, 0.05) is 13.5 Å². The predicted molar refractivity (Wildman–Crippen MR) is 61.7 cm³/mol. The monoisotopic (exact) mass is 258 g/mol. The smallest absolute Gasteiger partial charge is 0.326 e. The second-order valence-electron chi connectivity index (χ2n) is 3.55. The molecule has 0 bridgehead atoms. The van der Waals surface area contributed by atoms with Crippen LogP contribution < -0.4 is 5.32 Å². The minimum Gasteiger partial charge on any atom is -0.480 e. The van der Waals surface area contributed by atoms with Crippen molar-refractivity contribution in [3.63, 3.8) is 0 Å². The normalized spacial score (nSPS) is 11.6. The number of methoxy groups -OCH3 is 1. The fraction of sp³-hybridized carbons (Fsp3) is 0.727. The molecular formula is C11H18N2O5. The van der Waals surface area contributed by atoms with Crippen LogP contribution in [-0.2, 0) is 19.1 Å². The van der Waals surface area contributed by atoms with Crippen LogP contribution in [0.1, 0.15) is 19.3 Å². The Hall–Kier alpha value is -1.65. The van der Waals surface area contributed by atoms with E-state index in [1.807, 2.05) is 6.07 Å². The first kappa shape index (κ1) is 16.4. The zero-order valence-electron chi connectivity index (χ0n) is 10.3. The number of carbonyl (C=O) groups is 2. The maximum Gasteiger partial charge on any atom is 0.326 e. The van der Waals surface area contributed by atoms with Gasteiger partial charge in [0.25, 0.3) is 0 Å². The Morgan fingerprint density at radius 1 is 1.44 bits per heavy atom. The molecule has 0 aromatic heterocycles. The number of amides is 1. The van der Waals surface area contributed by atoms with Crippen molar-refractivity contribution in [2.75, 3.05) is 26.9 Å². The third-order valence-corrected chi connectivity index (χ3v) is 2.08. The van der Waals surface area contributed by atoms with Gasteiger partial charge in [-0.15, -0.1) is 0 Å². The fourth-order valence-corrected chi connectivity index (χ4v) is 1.19. The number of nitriles is 1. The maximum absolute atomic E-state index is 11.3. The van der Waals surface area contributed by atoms with Crippen molar-refractivity contribution in [1.29, 1.82) is 5.26 Å². The van der Waals surface area contributed by atoms with Crippen molar-refractivity contribution < 1.29 is 24.2 Å². The summed E-state index contributed by atoms with van der Waals surface area (Å²) in [5.41, 5.74) is 0. The van der Waals surface area contributed by atoms with Gasteiger partial charge in [0.2, 0.25) is 5.91 Å². The van der Waals surface area contributed by atoms with E-state index in [1.165, 1.54) is 7.11 Å². The van der Waals surface area contributed by atoms with E-state index in [1.54, 1.807) is 0 Å². The van der Waals surface area contributed by atoms with E-state index in [0.29, 0.717) is 13.0 Å². The van der Waals surface area contributed by atoms with Crippen LogP contribution in [0.3, 0.4) is 0 Å². The molecule has 0 fully saturated rings. The largest absolute Gasteiger partial charge is 0.480 e. The third-order valence-electron chi connectivity index (χ3n) is 2.08. The molecule has 0 heterocycles. The van der Waals surface area contributed by atoms with Crippen LogP contribution in [0.25, 0.3) is 0 Å². The number of carboxylic acid groups (broad SMARTS) is 1. The van der Waals surface area contributed by atoms with Crippen LogP contribution in [0, 0.1) is 11.3 Å². The molecule has 0 spiro atoms. The molecule has 1 amide bonds. The van der Waals surface area contributed by atoms with E-state index in [-0.39, 0.29) is 26.1 Å². The molecule has 7 heteroatoms. The van der Waals surface area contributed by atoms with Crippen molar-refractivity contribution in [3.8, 4) is 6.07 Å². The van der Waals surface area contributed by atoms with Gasteiger partial charge in [-0.05, 0) is 12.8 Å². The minimum atomic E-state index is -1.11. The predicted octanol–water partition coefficient (Wildman–Crippen LogP) is -0.0873. The number of hydrogen-bond acceptors (Lipinski definition) is 5. The first-order chi connectivity index (χ1) is 8.61. The lowest BCUT2D eigenvalue weighted by Gasteiger charge is -2.13. The number of rotatable bonds is 10. The Morgan fingerprint density at radius 2 is 2.17 bits per heavy atom. The van der Waals surface area contributed by atoms with Gasteiger partial charge in [-0.2, -0.15) is 5.26 Å². The zero-order valence-corrected chi connectivity index (χ0v) is 10.3. The van der Waals surface area contributed by atoms with Crippen molar-refractivity contribution in [2.24, 2.45) is 0 Å². The first-order valence-electron chi connectivity index (χ1n) is 5.57. The van der Waals surface area contributed by atoms with Gasteiger partial charge >= 0.3 is 5.97 Å². The highest BCUT2D eigenvalue weighted by Crippen LogP contribution is 2.00. The van der Waals surface area contributed by atoms with Crippen LogP contribution in [-0.4, -0.2) is 50.0 Å². The average molecular weight is 258 g/mol. The average Bonchev–Trinajstić information content (AvgIpc) is 2.33. The van der Waals surface area contributed by atoms with E-state index < -0.39 is 17.9 Å². The van der Waals surface area contributed by atoms with E-state index in [9.17, 15) is 9.59 Å². The number of hydrogen-bond donors (Lipinski definition) is 2. The molecule has 0 unspecified atom stereocenters. The molecule has 0 aliphatic carbocycles. The van der Waals surface area contributed by atoms with Crippen molar-refractivity contribution in [3.05, 3.63) is 0 Å². The molecule has 2 N–H and O–H groups in total. The second kappa shape index (κ2) is 10.5. The highest BCUT2D eigenvalue weighted by atomic mass is 16.5. The molecule has 0 radical (unpaired) electrons. The summed E-state index contributed by atoms with van der Waals surface area (Å²) in [5, 5.41) is 19.6. The standard InChI is InChI=1S/C11H18N2O5/c1-17-6-7-18-8-10(14)13-9(11(15)16)4-2-3-5-12/h9H,2-4,6-8H2,1H3,(H,13,14)(H,15,16)/t9-/m0/s1. The molecule has 0 aromatic carbocycles. The van der Waals surface area contributed by atoms with Gasteiger partial charge in [-0.1, -0.05) is 0 Å². The van der Waals surface area contributed by atoms with Gasteiger partial charge < -0.3 is 19.9 Å². The fourth-order valence-electron chi connectivity index (χ4n) is 1.19. The van der Waals surface area contributed by atoms with E-state index in [4.69, 9.17) is 19.8 Å². The molecule has 0 saturated carbocycles. The molecule has 7 nitrogen and oxygen atoms in total. The summed E-state index contributed by atoms with van der Waals surface area (Å²) in [6.07, 6.45) is 0.926. The van der Waals surface area contributed by atoms with Crippen molar-refractivity contribution in [2.45, 2.75) is 25.3 Å². The summed E-state index contributed by atoms with van der Waals surface area (Å²) in [6, 6.07) is 0.944. The number of nitrogens with one attached hydrogen (secondary N) is 1. The van der Waals surface area contributed by atoms with E-state index in [0.717, 1.165) is 0 Å². The van der Waals surface area contributed by atoms with E-state index >= 15 is 0 Å². The molecule has 0 rings (SSSR count). The summed E-state index contributed by atoms with van der Waals surface area (Å²) in [6.45, 7) is 0.444. The lowest BCUT2D eigenvalue weighted by Crippen LogP contribution is -2.42. The Kier molecular flexibility index (Phi) is 9.54. The van der Waals surface area contributed by atoms with Crippen LogP contribution in [0.5, 0.6) is 0 Å². The number of carbonyl (C=O) groups excluding carboxylic acids is 1. The SMILES string of the molecule is COCCOCC(=O)N[C@@H](CCCC#N)C(=O)O. The Bertz CT molecular complexity index is 300. The van der Waals surface area contributed by atoms with Gasteiger partial charge in [-0.25, -0.2) is 4.79 Å². The molecule has 0 aliphatic rings. The quantitative estimate of drug-likeness (QED) is 0.530. The maximum atomic E-state index is 11.3. The third kappa shape index (κ3) is 8.50. The molecule has 0 aliphatic heterocycles. The summed E-state index contributed by atoms with van der Waals surface area (Å²) in [5.74, 6) is -1.60. The van der Waals surface area contributed by atoms with Crippen molar-refractivity contribution in [1.82, 2.24) is 5.32 Å². The number of nitrogens with zero attached hydrogens (tertiary/aromatic N) is 1. The summed E-state index contributed by atoms with van der Waals surface area (Å²) >= 11 is 0. The van der Waals surface area contributed by atoms with Gasteiger partial charge in [0.1, 0.15) is 12.6 Å². The number of ether oxygens (including phenoxy) is 2. The van der Waals surface area contributed by atoms with Crippen LogP contribution in [0.2, 0.25) is 0 Å². The molecule has 0 saturated heterocycles.